The molecular weight excluding hydrogens is 717 g/mol. The maximum Gasteiger partial charge on any atom is 0.167 e. The van der Waals surface area contributed by atoms with Gasteiger partial charge in [-0.3, -0.25) is 0 Å². The van der Waals surface area contributed by atoms with Crippen molar-refractivity contribution >= 4 is 75.3 Å². The molecule has 0 atom stereocenters. The van der Waals surface area contributed by atoms with Crippen LogP contribution in [-0.4, -0.2) is 19.5 Å². The Morgan fingerprint density at radius 2 is 1.09 bits per heavy atom. The number of hydrogen-bond donors (Lipinski definition) is 0. The number of benzene rings is 8. The highest BCUT2D eigenvalue weighted by Gasteiger charge is 2.24. The number of thiophene rings is 1. The van der Waals surface area contributed by atoms with Crippen LogP contribution in [0.3, 0.4) is 0 Å². The smallest absolute Gasteiger partial charge is 0.167 e. The molecule has 6 heteroatoms. The zero-order chi connectivity index (χ0) is 42.7. The third kappa shape index (κ3) is 4.91. The van der Waals surface area contributed by atoms with Crippen LogP contribution in [0.1, 0.15) is 8.22 Å². The quantitative estimate of drug-likeness (QED) is 0.176. The van der Waals surface area contributed by atoms with Gasteiger partial charge in [0.25, 0.3) is 0 Å². The van der Waals surface area contributed by atoms with E-state index in [-0.39, 0.29) is 47.0 Å². The largest absolute Gasteiger partial charge is 0.455 e. The third-order valence-electron chi connectivity index (χ3n) is 10.6. The van der Waals surface area contributed by atoms with Gasteiger partial charge < -0.3 is 8.98 Å². The van der Waals surface area contributed by atoms with E-state index in [2.05, 4.69) is 28.8 Å². The summed E-state index contributed by atoms with van der Waals surface area (Å²) in [4.78, 5) is 15.6. The molecule has 0 unspecified atom stereocenters. The lowest BCUT2D eigenvalue weighted by Gasteiger charge is -2.19. The molecule has 4 heterocycles. The van der Waals surface area contributed by atoms with Gasteiger partial charge in [0.1, 0.15) is 11.2 Å². The molecule has 0 radical (unpaired) electrons. The molecule has 0 spiro atoms. The number of furan rings is 1. The van der Waals surface area contributed by atoms with Gasteiger partial charge in [0, 0.05) is 64.0 Å². The van der Waals surface area contributed by atoms with Gasteiger partial charge in [0.15, 0.2) is 17.5 Å². The van der Waals surface area contributed by atoms with Crippen LogP contribution in [0.5, 0.6) is 0 Å². The lowest BCUT2D eigenvalue weighted by Crippen LogP contribution is -2.05. The molecule has 266 valence electrons. The van der Waals surface area contributed by atoms with Crippen molar-refractivity contribution in [1.29, 1.82) is 0 Å². The van der Waals surface area contributed by atoms with E-state index in [1.807, 2.05) is 115 Å². The summed E-state index contributed by atoms with van der Waals surface area (Å²) in [7, 11) is 0. The van der Waals surface area contributed by atoms with E-state index in [9.17, 15) is 2.74 Å². The van der Waals surface area contributed by atoms with E-state index in [0.717, 1.165) is 43.7 Å². The Bertz CT molecular complexity index is 3840. The van der Waals surface area contributed by atoms with Crippen LogP contribution in [0, 0.1) is 0 Å². The van der Waals surface area contributed by atoms with Crippen LogP contribution in [0.2, 0.25) is 0 Å². The van der Waals surface area contributed by atoms with E-state index in [0.29, 0.717) is 60.4 Å². The maximum absolute atomic E-state index is 9.62. The molecule has 0 fully saturated rings. The molecule has 0 aliphatic carbocycles. The van der Waals surface area contributed by atoms with Gasteiger partial charge in [-0.2, -0.15) is 0 Å². The van der Waals surface area contributed by atoms with Crippen molar-refractivity contribution in [2.45, 2.75) is 0 Å². The zero-order valence-electron chi connectivity index (χ0n) is 36.0. The molecule has 0 bridgehead atoms. The van der Waals surface area contributed by atoms with Crippen LogP contribution >= 0.6 is 11.3 Å². The van der Waals surface area contributed by atoms with Crippen molar-refractivity contribution in [1.82, 2.24) is 19.5 Å². The van der Waals surface area contributed by atoms with Crippen molar-refractivity contribution in [3.8, 4) is 51.0 Å². The van der Waals surface area contributed by atoms with E-state index in [1.165, 1.54) is 17.4 Å². The minimum Gasteiger partial charge on any atom is -0.455 e. The molecule has 0 aliphatic rings. The fourth-order valence-electron chi connectivity index (χ4n) is 8.15. The van der Waals surface area contributed by atoms with Crippen LogP contribution in [-0.2, 0) is 0 Å². The second kappa shape index (κ2) is 12.6. The van der Waals surface area contributed by atoms with Crippen LogP contribution in [0.4, 0.5) is 0 Å². The first-order valence-corrected chi connectivity index (χ1v) is 19.4. The first-order chi connectivity index (χ1) is 30.8. The number of fused-ring (bicyclic) bond motifs is 9. The van der Waals surface area contributed by atoms with Gasteiger partial charge in [-0.15, -0.1) is 11.3 Å². The summed E-state index contributed by atoms with van der Waals surface area (Å²) >= 11 is 1.21. The second-order valence-electron chi connectivity index (χ2n) is 13.8. The van der Waals surface area contributed by atoms with Crippen molar-refractivity contribution in [3.63, 3.8) is 0 Å². The molecule has 4 aromatic heterocycles. The fourth-order valence-corrected chi connectivity index (χ4v) is 9.24. The SMILES string of the molecule is [2H]c1cc([2H])c2sc3c(-c4cccc(-c5nc(-c6ccccc6)nc(-c6cccc7c6oc6ccccc67)n5)c4-n4c5ccccc5c5ccccc54)c([2H])c([2H])c([2H])c3c2c1[2H]. The Kier molecular flexibility index (Phi) is 5.82. The van der Waals surface area contributed by atoms with Crippen LogP contribution in [0.25, 0.3) is 115 Å². The minimum absolute atomic E-state index is 0.0533. The van der Waals surface area contributed by atoms with Crippen molar-refractivity contribution in [3.05, 3.63) is 182 Å². The Morgan fingerprint density at radius 1 is 0.456 bits per heavy atom. The third-order valence-corrected chi connectivity index (χ3v) is 11.8. The summed E-state index contributed by atoms with van der Waals surface area (Å²) in [5.41, 5.74) is 6.84. The monoisotopic (exact) mass is 752 g/mol. The van der Waals surface area contributed by atoms with Crippen LogP contribution < -0.4 is 0 Å². The first-order valence-electron chi connectivity index (χ1n) is 21.5. The highest BCUT2D eigenvalue weighted by molar-refractivity contribution is 7.26. The number of rotatable bonds is 5. The van der Waals surface area contributed by atoms with Gasteiger partial charge in [0.2, 0.25) is 0 Å². The Morgan fingerprint density at radius 3 is 1.91 bits per heavy atom. The molecule has 8 aromatic carbocycles. The van der Waals surface area contributed by atoms with Gasteiger partial charge in [-0.1, -0.05) is 145 Å². The predicted molar refractivity (Wildman–Crippen MR) is 236 cm³/mol. The molecule has 0 saturated carbocycles. The maximum atomic E-state index is 9.62. The van der Waals surface area contributed by atoms with Gasteiger partial charge in [-0.25, -0.2) is 15.0 Å². The molecule has 0 N–H and O–H groups in total. The standard InChI is InChI=1S/C51H30N4OS/c1-2-15-31(16-3-1)49-52-50(54-51(53-49)41-26-13-22-37-34-19-6-10-29-44(34)56-47(37)41)40-25-12-21-36(39-24-14-23-38-35-20-7-11-30-45(35)57-48(38)39)46(40)55-42-27-8-4-17-32(42)33-18-5-9-28-43(33)55/h1-30H/i7D,14D,20D,23D,24D,30D. The molecule has 0 aliphatic heterocycles. The molecule has 5 nitrogen and oxygen atoms in total. The lowest BCUT2D eigenvalue weighted by molar-refractivity contribution is 0.669. The lowest BCUT2D eigenvalue weighted by atomic mass is 9.97. The summed E-state index contributed by atoms with van der Waals surface area (Å²) in [6.07, 6.45) is 0. The van der Waals surface area contributed by atoms with E-state index in [1.54, 1.807) is 0 Å². The Labute approximate surface area is 339 Å². The summed E-state index contributed by atoms with van der Waals surface area (Å²) in [5, 5.41) is 4.49. The van der Waals surface area contributed by atoms with Crippen molar-refractivity contribution in [2.24, 2.45) is 0 Å². The van der Waals surface area contributed by atoms with E-state index < -0.39 is 0 Å². The molecule has 57 heavy (non-hydrogen) atoms. The second-order valence-corrected chi connectivity index (χ2v) is 14.9. The first kappa shape index (κ1) is 26.4. The average molecular weight is 753 g/mol. The summed E-state index contributed by atoms with van der Waals surface area (Å²) in [6.45, 7) is 0. The number of para-hydroxylation sites is 5. The topological polar surface area (TPSA) is 56.7 Å². The summed E-state index contributed by atoms with van der Waals surface area (Å²) in [5.74, 6) is 1.20. The summed E-state index contributed by atoms with van der Waals surface area (Å²) < 4.78 is 63.9. The number of hydrogen-bond acceptors (Lipinski definition) is 5. The zero-order valence-corrected chi connectivity index (χ0v) is 30.8. The van der Waals surface area contributed by atoms with Gasteiger partial charge >= 0.3 is 0 Å². The fraction of sp³-hybridized carbons (Fsp3) is 0. The van der Waals surface area contributed by atoms with Crippen LogP contribution in [0.15, 0.2) is 186 Å². The van der Waals surface area contributed by atoms with Gasteiger partial charge in [0.05, 0.1) is 30.5 Å². The molecule has 0 saturated heterocycles. The minimum atomic E-state index is -0.315. The van der Waals surface area contributed by atoms with Crippen molar-refractivity contribution < 1.29 is 12.6 Å². The molecule has 12 rings (SSSR count). The predicted octanol–water partition coefficient (Wildman–Crippen LogP) is 13.9. The van der Waals surface area contributed by atoms with E-state index in [4.69, 9.17) is 24.9 Å². The summed E-state index contributed by atoms with van der Waals surface area (Å²) in [6, 6.07) is 46.1. The Hall–Kier alpha value is -7.41. The average Bonchev–Trinajstić information content (AvgIpc) is 4.01. The molecular formula is C51H30N4OS. The number of nitrogens with zero attached hydrogens (tertiary/aromatic N) is 4. The van der Waals surface area contributed by atoms with Crippen molar-refractivity contribution in [2.75, 3.05) is 0 Å². The molecule has 12 aromatic rings. The highest BCUT2D eigenvalue weighted by atomic mass is 32.1. The normalized spacial score (nSPS) is 13.3. The molecule has 0 amide bonds. The van der Waals surface area contributed by atoms with Gasteiger partial charge in [-0.05, 0) is 36.4 Å². The Balaban J connectivity index is 1.24. The highest BCUT2D eigenvalue weighted by Crippen LogP contribution is 2.46. The number of aromatic nitrogens is 4. The van der Waals surface area contributed by atoms with E-state index >= 15 is 0 Å².